The van der Waals surface area contributed by atoms with E-state index in [1.165, 1.54) is 6.92 Å². The van der Waals surface area contributed by atoms with Crippen molar-refractivity contribution in [3.8, 4) is 0 Å². The van der Waals surface area contributed by atoms with Crippen LogP contribution in [-0.2, 0) is 4.79 Å². The monoisotopic (exact) mass is 258 g/mol. The van der Waals surface area contributed by atoms with E-state index in [1.54, 1.807) is 4.90 Å². The van der Waals surface area contributed by atoms with Crippen molar-refractivity contribution in [3.63, 3.8) is 0 Å². The number of amides is 2. The highest BCUT2D eigenvalue weighted by Gasteiger charge is 2.32. The van der Waals surface area contributed by atoms with E-state index >= 15 is 0 Å². The molecule has 1 aliphatic rings. The number of nitrogens with one attached hydrogen (secondary N) is 1. The maximum absolute atomic E-state index is 11.9. The molecule has 0 spiro atoms. The third kappa shape index (κ3) is 3.87. The molecule has 18 heavy (non-hydrogen) atoms. The second-order valence-electron chi connectivity index (χ2n) is 5.70. The number of hydrogen-bond acceptors (Lipinski definition) is 3. The van der Waals surface area contributed by atoms with E-state index in [-0.39, 0.29) is 5.41 Å². The van der Waals surface area contributed by atoms with Gasteiger partial charge in [-0.1, -0.05) is 13.8 Å². The maximum Gasteiger partial charge on any atom is 0.328 e. The third-order valence-corrected chi connectivity index (χ3v) is 3.22. The van der Waals surface area contributed by atoms with Crippen molar-refractivity contribution in [2.24, 2.45) is 5.41 Å². The van der Waals surface area contributed by atoms with E-state index < -0.39 is 24.1 Å². The van der Waals surface area contributed by atoms with Gasteiger partial charge in [-0.25, -0.2) is 9.59 Å². The Kier molecular flexibility index (Phi) is 4.56. The van der Waals surface area contributed by atoms with Crippen molar-refractivity contribution in [2.45, 2.75) is 45.8 Å². The first-order valence-electron chi connectivity index (χ1n) is 6.19. The summed E-state index contributed by atoms with van der Waals surface area (Å²) in [5.74, 6) is -1.23. The Bertz CT molecular complexity index is 328. The van der Waals surface area contributed by atoms with Crippen LogP contribution in [0.1, 0.15) is 33.6 Å². The molecule has 3 N–H and O–H groups in total. The molecule has 0 radical (unpaired) electrons. The van der Waals surface area contributed by atoms with Gasteiger partial charge in [-0.2, -0.15) is 0 Å². The normalized spacial score (nSPS) is 22.1. The molecule has 0 aromatic carbocycles. The molecule has 0 aromatic rings. The maximum atomic E-state index is 11.9. The molecule has 2 amide bonds. The van der Waals surface area contributed by atoms with Crippen molar-refractivity contribution >= 4 is 12.0 Å². The standard InChI is InChI=1S/C12H22N2O4/c1-8(15)9(10(16)17)13-11(18)14-6-4-5-12(2,3)7-14/h8-9,15H,4-7H2,1-3H3,(H,13,18)(H,16,17). The molecule has 0 aromatic heterocycles. The summed E-state index contributed by atoms with van der Waals surface area (Å²) >= 11 is 0. The zero-order valence-corrected chi connectivity index (χ0v) is 11.1. The minimum absolute atomic E-state index is 0.0547. The fraction of sp³-hybridized carbons (Fsp3) is 0.833. The van der Waals surface area contributed by atoms with Gasteiger partial charge in [0.25, 0.3) is 0 Å². The average molecular weight is 258 g/mol. The fourth-order valence-corrected chi connectivity index (χ4v) is 2.21. The van der Waals surface area contributed by atoms with E-state index in [4.69, 9.17) is 5.11 Å². The summed E-state index contributed by atoms with van der Waals surface area (Å²) in [6, 6.07) is -1.68. The van der Waals surface area contributed by atoms with Crippen LogP contribution in [0.15, 0.2) is 0 Å². The molecule has 6 heteroatoms. The molecule has 2 atom stereocenters. The molecular formula is C12H22N2O4. The van der Waals surface area contributed by atoms with Gasteiger partial charge in [-0.05, 0) is 25.2 Å². The summed E-state index contributed by atoms with van der Waals surface area (Å²) in [5, 5.41) is 20.6. The van der Waals surface area contributed by atoms with Gasteiger partial charge in [-0.3, -0.25) is 0 Å². The molecule has 104 valence electrons. The van der Waals surface area contributed by atoms with E-state index in [0.717, 1.165) is 12.8 Å². The lowest BCUT2D eigenvalue weighted by molar-refractivity contribution is -0.141. The number of carboxylic acid groups (broad SMARTS) is 1. The lowest BCUT2D eigenvalue weighted by Gasteiger charge is -2.38. The molecular weight excluding hydrogens is 236 g/mol. The minimum atomic E-state index is -1.26. The molecule has 1 fully saturated rings. The Labute approximate surface area is 107 Å². The zero-order chi connectivity index (χ0) is 13.9. The second kappa shape index (κ2) is 5.56. The lowest BCUT2D eigenvalue weighted by atomic mass is 9.84. The molecule has 1 aliphatic heterocycles. The number of urea groups is 1. The van der Waals surface area contributed by atoms with Crippen molar-refractivity contribution < 1.29 is 19.8 Å². The second-order valence-corrected chi connectivity index (χ2v) is 5.70. The highest BCUT2D eigenvalue weighted by molar-refractivity contribution is 5.83. The fourth-order valence-electron chi connectivity index (χ4n) is 2.21. The number of aliphatic carboxylic acids is 1. The topological polar surface area (TPSA) is 89.9 Å². The molecule has 6 nitrogen and oxygen atoms in total. The van der Waals surface area contributed by atoms with E-state index in [1.807, 2.05) is 0 Å². The number of carbonyl (C=O) groups is 2. The Morgan fingerprint density at radius 3 is 2.44 bits per heavy atom. The summed E-state index contributed by atoms with van der Waals surface area (Å²) in [5.41, 5.74) is 0.0547. The van der Waals surface area contributed by atoms with Crippen molar-refractivity contribution in [3.05, 3.63) is 0 Å². The van der Waals surface area contributed by atoms with Crippen LogP contribution in [0.3, 0.4) is 0 Å². The average Bonchev–Trinajstić information content (AvgIpc) is 2.23. The van der Waals surface area contributed by atoms with Crippen LogP contribution in [0.2, 0.25) is 0 Å². The van der Waals surface area contributed by atoms with Crippen molar-refractivity contribution in [2.75, 3.05) is 13.1 Å². The Morgan fingerprint density at radius 1 is 1.39 bits per heavy atom. The van der Waals surface area contributed by atoms with E-state index in [2.05, 4.69) is 19.2 Å². The highest BCUT2D eigenvalue weighted by atomic mass is 16.4. The van der Waals surface area contributed by atoms with Crippen LogP contribution in [0.25, 0.3) is 0 Å². The molecule has 1 heterocycles. The van der Waals surface area contributed by atoms with Gasteiger partial charge in [-0.15, -0.1) is 0 Å². The first-order valence-corrected chi connectivity index (χ1v) is 6.19. The van der Waals surface area contributed by atoms with Crippen LogP contribution >= 0.6 is 0 Å². The molecule has 0 bridgehead atoms. The van der Waals surface area contributed by atoms with Gasteiger partial charge in [0.05, 0.1) is 6.10 Å². The Balaban J connectivity index is 2.61. The minimum Gasteiger partial charge on any atom is -0.480 e. The van der Waals surface area contributed by atoms with Crippen LogP contribution in [-0.4, -0.2) is 52.3 Å². The van der Waals surface area contributed by atoms with Crippen LogP contribution in [0.4, 0.5) is 4.79 Å². The molecule has 0 saturated carbocycles. The third-order valence-electron chi connectivity index (χ3n) is 3.22. The largest absolute Gasteiger partial charge is 0.480 e. The van der Waals surface area contributed by atoms with Gasteiger partial charge >= 0.3 is 12.0 Å². The van der Waals surface area contributed by atoms with Gasteiger partial charge in [0.2, 0.25) is 0 Å². The number of likely N-dealkylation sites (tertiary alicyclic amines) is 1. The Hall–Kier alpha value is -1.30. The number of hydrogen-bond donors (Lipinski definition) is 3. The number of carbonyl (C=O) groups excluding carboxylic acids is 1. The number of nitrogens with zero attached hydrogens (tertiary/aromatic N) is 1. The highest BCUT2D eigenvalue weighted by Crippen LogP contribution is 2.28. The van der Waals surface area contributed by atoms with Crippen LogP contribution in [0.5, 0.6) is 0 Å². The molecule has 2 unspecified atom stereocenters. The predicted octanol–water partition coefficient (Wildman–Crippen LogP) is 0.652. The van der Waals surface area contributed by atoms with Crippen molar-refractivity contribution in [1.82, 2.24) is 10.2 Å². The molecule has 1 rings (SSSR count). The summed E-state index contributed by atoms with van der Waals surface area (Å²) in [7, 11) is 0. The number of aliphatic hydroxyl groups is 1. The van der Waals surface area contributed by atoms with E-state index in [9.17, 15) is 14.7 Å². The predicted molar refractivity (Wildman–Crippen MR) is 66.2 cm³/mol. The summed E-state index contributed by atoms with van der Waals surface area (Å²) < 4.78 is 0. The summed E-state index contributed by atoms with van der Waals surface area (Å²) in [6.07, 6.45) is 0.840. The summed E-state index contributed by atoms with van der Waals surface area (Å²) in [6.45, 7) is 6.73. The van der Waals surface area contributed by atoms with Crippen LogP contribution in [0, 0.1) is 5.41 Å². The Morgan fingerprint density at radius 2 is 2.00 bits per heavy atom. The molecule has 1 saturated heterocycles. The summed E-state index contributed by atoms with van der Waals surface area (Å²) in [4.78, 5) is 24.5. The smallest absolute Gasteiger partial charge is 0.328 e. The first-order chi connectivity index (χ1) is 8.23. The number of aliphatic hydroxyl groups excluding tert-OH is 1. The number of piperidine rings is 1. The zero-order valence-electron chi connectivity index (χ0n) is 11.1. The quantitative estimate of drug-likeness (QED) is 0.693. The van der Waals surface area contributed by atoms with E-state index in [0.29, 0.717) is 13.1 Å². The van der Waals surface area contributed by atoms with Gasteiger partial charge in [0, 0.05) is 13.1 Å². The number of rotatable bonds is 3. The van der Waals surface area contributed by atoms with Crippen LogP contribution < -0.4 is 5.32 Å². The SMILES string of the molecule is CC(O)C(NC(=O)N1CCCC(C)(C)C1)C(=O)O. The molecule has 0 aliphatic carbocycles. The lowest BCUT2D eigenvalue weighted by Crippen LogP contribution is -2.55. The first kappa shape index (κ1) is 14.8. The van der Waals surface area contributed by atoms with Gasteiger partial charge in [0.15, 0.2) is 6.04 Å². The van der Waals surface area contributed by atoms with Crippen molar-refractivity contribution in [1.29, 1.82) is 0 Å². The van der Waals surface area contributed by atoms with Gasteiger partial charge < -0.3 is 20.4 Å². The van der Waals surface area contributed by atoms with Gasteiger partial charge in [0.1, 0.15) is 0 Å². The number of carboxylic acids is 1.